The van der Waals surface area contributed by atoms with Crippen LogP contribution in [0.25, 0.3) is 6.08 Å². The molecule has 2 aromatic rings. The van der Waals surface area contributed by atoms with Crippen molar-refractivity contribution in [2.75, 3.05) is 18.1 Å². The van der Waals surface area contributed by atoms with E-state index in [-0.39, 0.29) is 5.57 Å². The van der Waals surface area contributed by atoms with Crippen molar-refractivity contribution < 1.29 is 23.9 Å². The molecule has 4 amide bonds. The summed E-state index contributed by atoms with van der Waals surface area (Å²) >= 11 is 0. The van der Waals surface area contributed by atoms with Crippen molar-refractivity contribution in [3.05, 3.63) is 58.7 Å². The summed E-state index contributed by atoms with van der Waals surface area (Å²) in [4.78, 5) is 38.9. The monoisotopic (exact) mass is 408 g/mol. The van der Waals surface area contributed by atoms with Crippen LogP contribution in [0.5, 0.6) is 11.5 Å². The lowest BCUT2D eigenvalue weighted by molar-refractivity contribution is -0.122. The molecule has 1 fully saturated rings. The highest BCUT2D eigenvalue weighted by Crippen LogP contribution is 2.29. The molecule has 3 rings (SSSR count). The highest BCUT2D eigenvalue weighted by atomic mass is 16.5. The predicted octanol–water partition coefficient (Wildman–Crippen LogP) is 3.77. The van der Waals surface area contributed by atoms with E-state index in [1.165, 1.54) is 6.08 Å². The Bertz CT molecular complexity index is 1040. The van der Waals surface area contributed by atoms with Gasteiger partial charge in [0.05, 0.1) is 18.9 Å². The van der Waals surface area contributed by atoms with Crippen molar-refractivity contribution in [1.29, 1.82) is 0 Å². The fourth-order valence-corrected chi connectivity index (χ4v) is 3.08. The summed E-state index contributed by atoms with van der Waals surface area (Å²) in [6, 6.07) is 9.61. The molecule has 1 aliphatic rings. The van der Waals surface area contributed by atoms with Gasteiger partial charge in [0, 0.05) is 11.6 Å². The maximum absolute atomic E-state index is 13.1. The lowest BCUT2D eigenvalue weighted by atomic mass is 10.0. The van der Waals surface area contributed by atoms with Crippen LogP contribution in [0.15, 0.2) is 42.0 Å². The average molecular weight is 408 g/mol. The molecule has 2 aromatic carbocycles. The molecule has 30 heavy (non-hydrogen) atoms. The molecule has 1 saturated heterocycles. The van der Waals surface area contributed by atoms with Crippen LogP contribution < -0.4 is 19.7 Å². The molecule has 1 aliphatic heterocycles. The Hall–Kier alpha value is -3.61. The molecule has 1 N–H and O–H groups in total. The fraction of sp³-hybridized carbons (Fsp3) is 0.261. The van der Waals surface area contributed by atoms with Gasteiger partial charge >= 0.3 is 6.03 Å². The Morgan fingerprint density at radius 3 is 2.33 bits per heavy atom. The highest BCUT2D eigenvalue weighted by molar-refractivity contribution is 6.39. The Morgan fingerprint density at radius 2 is 1.67 bits per heavy atom. The van der Waals surface area contributed by atoms with Crippen molar-refractivity contribution in [1.82, 2.24) is 5.32 Å². The summed E-state index contributed by atoms with van der Waals surface area (Å²) in [6.07, 6.45) is 1.43. The summed E-state index contributed by atoms with van der Waals surface area (Å²) in [5, 5.41) is 2.24. The van der Waals surface area contributed by atoms with Crippen LogP contribution in [0, 0.1) is 13.8 Å². The molecule has 0 unspecified atom stereocenters. The van der Waals surface area contributed by atoms with Gasteiger partial charge in [0.1, 0.15) is 17.1 Å². The van der Waals surface area contributed by atoms with Crippen molar-refractivity contribution in [3.8, 4) is 11.5 Å². The number of anilines is 1. The summed E-state index contributed by atoms with van der Waals surface area (Å²) in [5.41, 5.74) is 2.74. The Labute approximate surface area is 175 Å². The molecule has 0 atom stereocenters. The third-order valence-corrected chi connectivity index (χ3v) is 4.75. The lowest BCUT2D eigenvalue weighted by Gasteiger charge is -2.27. The number of rotatable bonds is 6. The van der Waals surface area contributed by atoms with Crippen LogP contribution in [-0.2, 0) is 9.59 Å². The zero-order valence-corrected chi connectivity index (χ0v) is 17.4. The number of nitrogens with zero attached hydrogens (tertiary/aromatic N) is 1. The molecule has 0 bridgehead atoms. The van der Waals surface area contributed by atoms with E-state index in [1.54, 1.807) is 30.3 Å². The minimum Gasteiger partial charge on any atom is -0.494 e. The molecule has 0 spiro atoms. The molecule has 1 heterocycles. The summed E-state index contributed by atoms with van der Waals surface area (Å²) in [7, 11) is 0. The van der Waals surface area contributed by atoms with Gasteiger partial charge < -0.3 is 9.47 Å². The second-order valence-corrected chi connectivity index (χ2v) is 6.79. The van der Waals surface area contributed by atoms with Crippen molar-refractivity contribution in [2.45, 2.75) is 27.7 Å². The van der Waals surface area contributed by atoms with Crippen LogP contribution >= 0.6 is 0 Å². The van der Waals surface area contributed by atoms with Gasteiger partial charge in [-0.2, -0.15) is 0 Å². The van der Waals surface area contributed by atoms with Crippen molar-refractivity contribution in [2.24, 2.45) is 0 Å². The predicted molar refractivity (Wildman–Crippen MR) is 114 cm³/mol. The zero-order valence-electron chi connectivity index (χ0n) is 17.4. The van der Waals surface area contributed by atoms with E-state index < -0.39 is 17.8 Å². The first-order valence-corrected chi connectivity index (χ1v) is 9.74. The SMILES string of the molecule is CCOc1ccc(/C=C2\C(=O)NC(=O)N(c3ccc(C)c(C)c3)C2=O)c(OCC)c1. The number of aryl methyl sites for hydroxylation is 2. The number of ether oxygens (including phenoxy) is 2. The number of hydrogen-bond donors (Lipinski definition) is 1. The summed E-state index contributed by atoms with van der Waals surface area (Å²) in [6.45, 7) is 8.44. The van der Waals surface area contributed by atoms with Gasteiger partial charge in [-0.3, -0.25) is 14.9 Å². The molecule has 156 valence electrons. The highest BCUT2D eigenvalue weighted by Gasteiger charge is 2.37. The molecule has 0 aromatic heterocycles. The minimum absolute atomic E-state index is 0.155. The van der Waals surface area contributed by atoms with Crippen LogP contribution in [0.4, 0.5) is 10.5 Å². The first-order valence-electron chi connectivity index (χ1n) is 9.74. The minimum atomic E-state index is -0.776. The second kappa shape index (κ2) is 8.82. The lowest BCUT2D eigenvalue weighted by Crippen LogP contribution is -2.54. The van der Waals surface area contributed by atoms with Gasteiger partial charge in [-0.25, -0.2) is 9.69 Å². The average Bonchev–Trinajstić information content (AvgIpc) is 2.69. The van der Waals surface area contributed by atoms with Crippen LogP contribution in [-0.4, -0.2) is 31.1 Å². The van der Waals surface area contributed by atoms with Crippen molar-refractivity contribution >= 4 is 29.6 Å². The van der Waals surface area contributed by atoms with Crippen LogP contribution in [0.1, 0.15) is 30.5 Å². The van der Waals surface area contributed by atoms with E-state index in [9.17, 15) is 14.4 Å². The number of benzene rings is 2. The molecular weight excluding hydrogens is 384 g/mol. The van der Waals surface area contributed by atoms with E-state index in [2.05, 4.69) is 5.32 Å². The third-order valence-electron chi connectivity index (χ3n) is 4.75. The van der Waals surface area contributed by atoms with E-state index in [1.807, 2.05) is 33.8 Å². The Morgan fingerprint density at radius 1 is 0.933 bits per heavy atom. The van der Waals surface area contributed by atoms with Gasteiger partial charge in [0.15, 0.2) is 0 Å². The number of nitrogens with one attached hydrogen (secondary N) is 1. The number of imide groups is 2. The number of hydrogen-bond acceptors (Lipinski definition) is 5. The molecule has 7 heteroatoms. The van der Waals surface area contributed by atoms with Crippen LogP contribution in [0.2, 0.25) is 0 Å². The largest absolute Gasteiger partial charge is 0.494 e. The first-order chi connectivity index (χ1) is 14.3. The quantitative estimate of drug-likeness (QED) is 0.581. The normalized spacial score (nSPS) is 15.4. The maximum Gasteiger partial charge on any atom is 0.335 e. The van der Waals surface area contributed by atoms with Gasteiger partial charge in [-0.05, 0) is 69.2 Å². The summed E-state index contributed by atoms with van der Waals surface area (Å²) < 4.78 is 11.1. The van der Waals surface area contributed by atoms with Crippen LogP contribution in [0.3, 0.4) is 0 Å². The topological polar surface area (TPSA) is 84.9 Å². The Kier molecular flexibility index (Phi) is 6.20. The van der Waals surface area contributed by atoms with Gasteiger partial charge in [0.2, 0.25) is 0 Å². The van der Waals surface area contributed by atoms with Gasteiger partial charge in [0.25, 0.3) is 11.8 Å². The van der Waals surface area contributed by atoms with Crippen molar-refractivity contribution in [3.63, 3.8) is 0 Å². The van der Waals surface area contributed by atoms with Gasteiger partial charge in [-0.1, -0.05) is 6.07 Å². The molecule has 0 aliphatic carbocycles. The first kappa shape index (κ1) is 21.1. The van der Waals surface area contributed by atoms with Gasteiger partial charge in [-0.15, -0.1) is 0 Å². The number of carbonyl (C=O) groups excluding carboxylic acids is 3. The third kappa shape index (κ3) is 4.20. The van der Waals surface area contributed by atoms with E-state index in [0.29, 0.717) is 36.0 Å². The second-order valence-electron chi connectivity index (χ2n) is 6.79. The standard InChI is InChI=1S/C23H24N2O5/c1-5-29-18-10-8-16(20(13-18)30-6-2)12-19-21(26)24-23(28)25(22(19)27)17-9-7-14(3)15(4)11-17/h7-13H,5-6H2,1-4H3,(H,24,26,28)/b19-12+. The van der Waals surface area contributed by atoms with E-state index >= 15 is 0 Å². The molecule has 0 radical (unpaired) electrons. The number of amides is 4. The number of urea groups is 1. The maximum atomic E-state index is 13.1. The van der Waals surface area contributed by atoms with E-state index in [4.69, 9.17) is 9.47 Å². The Balaban J connectivity index is 2.03. The number of barbiturate groups is 1. The molecular formula is C23H24N2O5. The molecule has 0 saturated carbocycles. The smallest absolute Gasteiger partial charge is 0.335 e. The number of carbonyl (C=O) groups is 3. The van der Waals surface area contributed by atoms with E-state index in [0.717, 1.165) is 16.0 Å². The fourth-order valence-electron chi connectivity index (χ4n) is 3.08. The summed E-state index contributed by atoms with van der Waals surface area (Å²) in [5.74, 6) is -0.342. The zero-order chi connectivity index (χ0) is 21.8. The molecule has 7 nitrogen and oxygen atoms in total.